The van der Waals surface area contributed by atoms with Crippen LogP contribution in [0.4, 0.5) is 0 Å². The predicted octanol–water partition coefficient (Wildman–Crippen LogP) is 4.05. The number of aryl methyl sites for hydroxylation is 1. The molecule has 19 heavy (non-hydrogen) atoms. The van der Waals surface area contributed by atoms with E-state index < -0.39 is 0 Å². The molecule has 0 bridgehead atoms. The summed E-state index contributed by atoms with van der Waals surface area (Å²) in [7, 11) is 4.14. The van der Waals surface area contributed by atoms with Crippen LogP contribution < -0.4 is 0 Å². The Morgan fingerprint density at radius 2 is 1.79 bits per heavy atom. The van der Waals surface area contributed by atoms with E-state index in [-0.39, 0.29) is 0 Å². The first-order valence-corrected chi connectivity index (χ1v) is 6.65. The van der Waals surface area contributed by atoms with Gasteiger partial charge in [-0.2, -0.15) is 5.26 Å². The Labute approximate surface area is 115 Å². The second-order valence-electron chi connectivity index (χ2n) is 5.29. The molecule has 0 saturated heterocycles. The van der Waals surface area contributed by atoms with Crippen LogP contribution >= 0.6 is 0 Å². The molecule has 2 nitrogen and oxygen atoms in total. The van der Waals surface area contributed by atoms with Gasteiger partial charge in [-0.15, -0.1) is 0 Å². The fraction of sp³-hybridized carbons (Fsp3) is 0.353. The molecule has 0 aliphatic carbocycles. The standard InChI is InChI=1S/C17H20N2/c1-13-6-7-15-12-16(9-8-14(15)11-13)17(19(2)3)5-4-10-18/h6-9,11-12,17H,4-5H2,1-3H3. The third kappa shape index (κ3) is 3.13. The Hall–Kier alpha value is -1.85. The second kappa shape index (κ2) is 5.86. The van der Waals surface area contributed by atoms with Gasteiger partial charge >= 0.3 is 0 Å². The van der Waals surface area contributed by atoms with Crippen molar-refractivity contribution < 1.29 is 0 Å². The van der Waals surface area contributed by atoms with Crippen LogP contribution in [0.5, 0.6) is 0 Å². The first-order valence-electron chi connectivity index (χ1n) is 6.65. The summed E-state index contributed by atoms with van der Waals surface area (Å²) in [5.74, 6) is 0. The molecule has 0 aromatic heterocycles. The predicted molar refractivity (Wildman–Crippen MR) is 80.0 cm³/mol. The molecule has 2 heteroatoms. The van der Waals surface area contributed by atoms with Crippen molar-refractivity contribution >= 4 is 10.8 Å². The third-order valence-corrected chi connectivity index (χ3v) is 3.56. The Kier molecular flexibility index (Phi) is 4.19. The summed E-state index contributed by atoms with van der Waals surface area (Å²) in [6.45, 7) is 2.11. The Bertz CT molecular complexity index is 608. The summed E-state index contributed by atoms with van der Waals surface area (Å²) >= 11 is 0. The molecule has 1 atom stereocenters. The molecule has 2 aromatic rings. The van der Waals surface area contributed by atoms with E-state index in [0.29, 0.717) is 12.5 Å². The van der Waals surface area contributed by atoms with Crippen LogP contribution in [-0.2, 0) is 0 Å². The van der Waals surface area contributed by atoms with E-state index in [4.69, 9.17) is 5.26 Å². The summed E-state index contributed by atoms with van der Waals surface area (Å²) < 4.78 is 0. The lowest BCUT2D eigenvalue weighted by atomic mass is 9.97. The molecule has 0 spiro atoms. The zero-order valence-corrected chi connectivity index (χ0v) is 11.9. The van der Waals surface area contributed by atoms with E-state index in [9.17, 15) is 0 Å². The van der Waals surface area contributed by atoms with E-state index >= 15 is 0 Å². The molecule has 0 heterocycles. The number of fused-ring (bicyclic) bond motifs is 1. The van der Waals surface area contributed by atoms with Gasteiger partial charge in [0.1, 0.15) is 0 Å². The summed E-state index contributed by atoms with van der Waals surface area (Å²) in [5.41, 5.74) is 2.57. The van der Waals surface area contributed by atoms with Crippen LogP contribution in [0.3, 0.4) is 0 Å². The van der Waals surface area contributed by atoms with Crippen molar-refractivity contribution in [3.8, 4) is 6.07 Å². The molecule has 2 rings (SSSR count). The highest BCUT2D eigenvalue weighted by Crippen LogP contribution is 2.27. The van der Waals surface area contributed by atoms with Crippen LogP contribution in [-0.4, -0.2) is 19.0 Å². The van der Waals surface area contributed by atoms with Crippen molar-refractivity contribution in [3.63, 3.8) is 0 Å². The molecule has 0 saturated carbocycles. The van der Waals surface area contributed by atoms with Gasteiger partial charge in [0.2, 0.25) is 0 Å². The molecule has 1 unspecified atom stereocenters. The topological polar surface area (TPSA) is 27.0 Å². The maximum Gasteiger partial charge on any atom is 0.0622 e. The first-order chi connectivity index (χ1) is 9.11. The second-order valence-corrected chi connectivity index (χ2v) is 5.29. The van der Waals surface area contributed by atoms with Gasteiger partial charge < -0.3 is 4.90 Å². The van der Waals surface area contributed by atoms with E-state index in [0.717, 1.165) is 6.42 Å². The van der Waals surface area contributed by atoms with Crippen molar-refractivity contribution in [3.05, 3.63) is 47.5 Å². The fourth-order valence-electron chi connectivity index (χ4n) is 2.52. The summed E-state index contributed by atoms with van der Waals surface area (Å²) in [6, 6.07) is 15.7. The summed E-state index contributed by atoms with van der Waals surface area (Å²) in [5, 5.41) is 11.3. The Morgan fingerprint density at radius 1 is 1.11 bits per heavy atom. The minimum Gasteiger partial charge on any atom is -0.302 e. The highest BCUT2D eigenvalue weighted by atomic mass is 15.1. The lowest BCUT2D eigenvalue weighted by Crippen LogP contribution is -2.19. The van der Waals surface area contributed by atoms with Crippen LogP contribution in [0.15, 0.2) is 36.4 Å². The Morgan fingerprint density at radius 3 is 2.47 bits per heavy atom. The normalized spacial score (nSPS) is 12.6. The molecular formula is C17H20N2. The first kappa shape index (κ1) is 13.6. The van der Waals surface area contributed by atoms with Crippen molar-refractivity contribution in [2.75, 3.05) is 14.1 Å². The number of hydrogen-bond donors (Lipinski definition) is 0. The maximum absolute atomic E-state index is 8.78. The van der Waals surface area contributed by atoms with Gasteiger partial charge in [-0.25, -0.2) is 0 Å². The van der Waals surface area contributed by atoms with Crippen molar-refractivity contribution in [2.24, 2.45) is 0 Å². The molecule has 0 fully saturated rings. The molecule has 0 aliphatic heterocycles. The monoisotopic (exact) mass is 252 g/mol. The highest BCUT2D eigenvalue weighted by Gasteiger charge is 2.13. The number of benzene rings is 2. The van der Waals surface area contributed by atoms with E-state index in [2.05, 4.69) is 68.4 Å². The fourth-order valence-corrected chi connectivity index (χ4v) is 2.52. The van der Waals surface area contributed by atoms with Crippen LogP contribution in [0.25, 0.3) is 10.8 Å². The van der Waals surface area contributed by atoms with Gasteiger partial charge in [0, 0.05) is 12.5 Å². The number of nitrogens with zero attached hydrogens (tertiary/aromatic N) is 2. The molecular weight excluding hydrogens is 232 g/mol. The van der Waals surface area contributed by atoms with Gasteiger partial charge in [0.05, 0.1) is 6.07 Å². The number of rotatable bonds is 4. The van der Waals surface area contributed by atoms with Crippen molar-refractivity contribution in [1.29, 1.82) is 5.26 Å². The van der Waals surface area contributed by atoms with Crippen molar-refractivity contribution in [2.45, 2.75) is 25.8 Å². The zero-order chi connectivity index (χ0) is 13.8. The van der Waals surface area contributed by atoms with Crippen LogP contribution in [0.2, 0.25) is 0 Å². The highest BCUT2D eigenvalue weighted by molar-refractivity contribution is 5.83. The van der Waals surface area contributed by atoms with Crippen LogP contribution in [0.1, 0.15) is 30.0 Å². The number of nitriles is 1. The smallest absolute Gasteiger partial charge is 0.0622 e. The van der Waals surface area contributed by atoms with Gasteiger partial charge in [-0.05, 0) is 49.8 Å². The quantitative estimate of drug-likeness (QED) is 0.820. The average molecular weight is 252 g/mol. The largest absolute Gasteiger partial charge is 0.302 e. The minimum atomic E-state index is 0.311. The lowest BCUT2D eigenvalue weighted by Gasteiger charge is -2.24. The average Bonchev–Trinajstić information content (AvgIpc) is 2.39. The van der Waals surface area contributed by atoms with Crippen molar-refractivity contribution in [1.82, 2.24) is 4.90 Å². The summed E-state index contributed by atoms with van der Waals surface area (Å²) in [4.78, 5) is 2.19. The van der Waals surface area contributed by atoms with Gasteiger partial charge in [-0.3, -0.25) is 0 Å². The summed E-state index contributed by atoms with van der Waals surface area (Å²) in [6.07, 6.45) is 1.47. The maximum atomic E-state index is 8.78. The van der Waals surface area contributed by atoms with E-state index in [1.807, 2.05) is 0 Å². The van der Waals surface area contributed by atoms with Gasteiger partial charge in [-0.1, -0.05) is 35.9 Å². The van der Waals surface area contributed by atoms with Gasteiger partial charge in [0.15, 0.2) is 0 Å². The molecule has 0 N–H and O–H groups in total. The Balaban J connectivity index is 2.38. The van der Waals surface area contributed by atoms with E-state index in [1.165, 1.54) is 21.9 Å². The number of hydrogen-bond acceptors (Lipinski definition) is 2. The molecule has 0 aliphatic rings. The molecule has 0 amide bonds. The van der Waals surface area contributed by atoms with E-state index in [1.54, 1.807) is 0 Å². The molecule has 2 aromatic carbocycles. The molecule has 98 valence electrons. The lowest BCUT2D eigenvalue weighted by molar-refractivity contribution is 0.286. The van der Waals surface area contributed by atoms with Crippen LogP contribution in [0, 0.1) is 18.3 Å². The zero-order valence-electron chi connectivity index (χ0n) is 11.9. The third-order valence-electron chi connectivity index (χ3n) is 3.56. The molecule has 0 radical (unpaired) electrons. The SMILES string of the molecule is Cc1ccc2cc(C(CCC#N)N(C)C)ccc2c1. The minimum absolute atomic E-state index is 0.311. The van der Waals surface area contributed by atoms with Gasteiger partial charge in [0.25, 0.3) is 0 Å².